The van der Waals surface area contributed by atoms with E-state index in [4.69, 9.17) is 5.11 Å². The number of carbonyl (C=O) groups is 1. The van der Waals surface area contributed by atoms with E-state index in [0.29, 0.717) is 17.8 Å². The van der Waals surface area contributed by atoms with Crippen LogP contribution in [0.1, 0.15) is 24.6 Å². The fourth-order valence-corrected chi connectivity index (χ4v) is 2.67. The first-order valence-corrected chi connectivity index (χ1v) is 8.03. The van der Waals surface area contributed by atoms with Gasteiger partial charge in [0.15, 0.2) is 5.69 Å². The number of benzene rings is 1. The SMILES string of the molecule is C[C@H]1CCN1c1nc(Nc2cccc(CC(=O)O)c2)cc(C(F)(F)F)n1. The zero-order valence-corrected chi connectivity index (χ0v) is 13.9. The predicted molar refractivity (Wildman–Crippen MR) is 89.5 cm³/mol. The second-order valence-electron chi connectivity index (χ2n) is 6.16. The van der Waals surface area contributed by atoms with Gasteiger partial charge in [-0.25, -0.2) is 4.98 Å². The van der Waals surface area contributed by atoms with Crippen molar-refractivity contribution in [1.82, 2.24) is 9.97 Å². The fourth-order valence-electron chi connectivity index (χ4n) is 2.67. The number of alkyl halides is 3. The maximum atomic E-state index is 13.2. The van der Waals surface area contributed by atoms with Crippen LogP contribution in [0.5, 0.6) is 0 Å². The lowest BCUT2D eigenvalue weighted by molar-refractivity contribution is -0.141. The molecule has 9 heteroatoms. The number of aliphatic carboxylic acids is 1. The highest BCUT2D eigenvalue weighted by atomic mass is 19.4. The van der Waals surface area contributed by atoms with Crippen LogP contribution >= 0.6 is 0 Å². The smallest absolute Gasteiger partial charge is 0.433 e. The molecule has 2 N–H and O–H groups in total. The molecule has 3 rings (SSSR count). The Hall–Kier alpha value is -2.84. The minimum atomic E-state index is -4.59. The standard InChI is InChI=1S/C17H17F3N4O2/c1-10-5-6-24(10)16-22-13(17(18,19)20)9-14(23-16)21-12-4-2-3-11(7-12)8-15(25)26/h2-4,7,9-10H,5-6,8H2,1H3,(H,25,26)(H,21,22,23)/t10-/m0/s1. The molecular weight excluding hydrogens is 349 g/mol. The summed E-state index contributed by atoms with van der Waals surface area (Å²) < 4.78 is 39.5. The summed E-state index contributed by atoms with van der Waals surface area (Å²) in [6, 6.07) is 7.39. The Labute approximate surface area is 147 Å². The van der Waals surface area contributed by atoms with Gasteiger partial charge in [-0.2, -0.15) is 18.2 Å². The molecule has 0 saturated carbocycles. The van der Waals surface area contributed by atoms with E-state index in [2.05, 4.69) is 15.3 Å². The first kappa shape index (κ1) is 18.0. The molecule has 138 valence electrons. The second kappa shape index (κ2) is 6.81. The largest absolute Gasteiger partial charge is 0.481 e. The Morgan fingerprint density at radius 3 is 2.69 bits per heavy atom. The summed E-state index contributed by atoms with van der Waals surface area (Å²) in [5.74, 6) is -0.950. The van der Waals surface area contributed by atoms with Crippen molar-refractivity contribution in [1.29, 1.82) is 0 Å². The number of nitrogens with one attached hydrogen (secondary N) is 1. The zero-order chi connectivity index (χ0) is 18.9. The first-order valence-electron chi connectivity index (χ1n) is 8.03. The van der Waals surface area contributed by atoms with Crippen LogP contribution in [0.2, 0.25) is 0 Å². The van der Waals surface area contributed by atoms with Crippen molar-refractivity contribution in [2.24, 2.45) is 0 Å². The lowest BCUT2D eigenvalue weighted by Crippen LogP contribution is -2.46. The second-order valence-corrected chi connectivity index (χ2v) is 6.16. The molecule has 1 atom stereocenters. The van der Waals surface area contributed by atoms with Gasteiger partial charge >= 0.3 is 12.1 Å². The molecule has 0 radical (unpaired) electrons. The van der Waals surface area contributed by atoms with Crippen molar-refractivity contribution in [3.05, 3.63) is 41.6 Å². The maximum Gasteiger partial charge on any atom is 0.433 e. The van der Waals surface area contributed by atoms with Crippen molar-refractivity contribution in [3.63, 3.8) is 0 Å². The van der Waals surface area contributed by atoms with Gasteiger partial charge in [0.2, 0.25) is 5.95 Å². The van der Waals surface area contributed by atoms with E-state index < -0.39 is 17.8 Å². The Kier molecular flexibility index (Phi) is 4.71. The Morgan fingerprint density at radius 2 is 2.12 bits per heavy atom. The number of hydrogen-bond acceptors (Lipinski definition) is 5. The highest BCUT2D eigenvalue weighted by molar-refractivity contribution is 5.71. The van der Waals surface area contributed by atoms with Crippen molar-refractivity contribution >= 4 is 23.4 Å². The quantitative estimate of drug-likeness (QED) is 0.844. The number of carboxylic acid groups (broad SMARTS) is 1. The molecule has 1 aromatic heterocycles. The highest BCUT2D eigenvalue weighted by Crippen LogP contribution is 2.33. The zero-order valence-electron chi connectivity index (χ0n) is 13.9. The van der Waals surface area contributed by atoms with Gasteiger partial charge in [0.1, 0.15) is 5.82 Å². The Bertz CT molecular complexity index is 826. The van der Waals surface area contributed by atoms with Crippen molar-refractivity contribution in [2.45, 2.75) is 32.0 Å². The molecule has 1 aliphatic rings. The number of rotatable bonds is 5. The normalized spacial score (nSPS) is 16.9. The van der Waals surface area contributed by atoms with E-state index in [1.807, 2.05) is 6.92 Å². The molecule has 2 heterocycles. The van der Waals surface area contributed by atoms with Crippen LogP contribution in [0.4, 0.5) is 30.6 Å². The topological polar surface area (TPSA) is 78.4 Å². The number of hydrogen-bond donors (Lipinski definition) is 2. The molecule has 6 nitrogen and oxygen atoms in total. The molecule has 0 aliphatic carbocycles. The molecule has 0 amide bonds. The highest BCUT2D eigenvalue weighted by Gasteiger charge is 2.35. The minimum Gasteiger partial charge on any atom is -0.481 e. The van der Waals surface area contributed by atoms with E-state index in [1.54, 1.807) is 29.2 Å². The van der Waals surface area contributed by atoms with E-state index in [-0.39, 0.29) is 24.2 Å². The fraction of sp³-hybridized carbons (Fsp3) is 0.353. The lowest BCUT2D eigenvalue weighted by Gasteiger charge is -2.38. The van der Waals surface area contributed by atoms with Crippen LogP contribution in [0, 0.1) is 0 Å². The van der Waals surface area contributed by atoms with Gasteiger partial charge in [-0.05, 0) is 31.0 Å². The van der Waals surface area contributed by atoms with Crippen LogP contribution in [0.25, 0.3) is 0 Å². The summed E-state index contributed by atoms with van der Waals surface area (Å²) in [4.78, 5) is 20.4. The summed E-state index contributed by atoms with van der Waals surface area (Å²) in [5, 5.41) is 11.7. The molecule has 1 saturated heterocycles. The molecule has 0 spiro atoms. The molecule has 0 unspecified atom stereocenters. The van der Waals surface area contributed by atoms with Crippen LogP contribution < -0.4 is 10.2 Å². The van der Waals surface area contributed by atoms with E-state index in [0.717, 1.165) is 12.5 Å². The maximum absolute atomic E-state index is 13.2. The van der Waals surface area contributed by atoms with Gasteiger partial charge in [-0.15, -0.1) is 0 Å². The van der Waals surface area contributed by atoms with E-state index in [1.165, 1.54) is 0 Å². The average molecular weight is 366 g/mol. The van der Waals surface area contributed by atoms with Crippen molar-refractivity contribution < 1.29 is 23.1 Å². The molecule has 1 aliphatic heterocycles. The number of halogens is 3. The monoisotopic (exact) mass is 366 g/mol. The molecule has 2 aromatic rings. The molecule has 26 heavy (non-hydrogen) atoms. The summed E-state index contributed by atoms with van der Waals surface area (Å²) in [6.07, 6.45) is -3.89. The summed E-state index contributed by atoms with van der Waals surface area (Å²) in [5.41, 5.74) is -0.0341. The lowest BCUT2D eigenvalue weighted by atomic mass is 10.1. The van der Waals surface area contributed by atoms with Gasteiger partial charge < -0.3 is 15.3 Å². The summed E-state index contributed by atoms with van der Waals surface area (Å²) in [7, 11) is 0. The molecule has 1 fully saturated rings. The van der Waals surface area contributed by atoms with Gasteiger partial charge in [-0.3, -0.25) is 4.79 Å². The minimum absolute atomic E-state index is 0.00824. The van der Waals surface area contributed by atoms with Gasteiger partial charge in [0, 0.05) is 24.3 Å². The third kappa shape index (κ3) is 4.04. The summed E-state index contributed by atoms with van der Waals surface area (Å²) in [6.45, 7) is 2.51. The van der Waals surface area contributed by atoms with Crippen molar-refractivity contribution in [2.75, 3.05) is 16.8 Å². The van der Waals surface area contributed by atoms with E-state index >= 15 is 0 Å². The first-order chi connectivity index (χ1) is 12.2. The van der Waals surface area contributed by atoms with Gasteiger partial charge in [-0.1, -0.05) is 12.1 Å². The molecule has 1 aromatic carbocycles. The molecular formula is C17H17F3N4O2. The average Bonchev–Trinajstić information content (AvgIpc) is 2.52. The number of anilines is 3. The van der Waals surface area contributed by atoms with Crippen LogP contribution in [-0.4, -0.2) is 33.6 Å². The van der Waals surface area contributed by atoms with Crippen LogP contribution in [0.3, 0.4) is 0 Å². The van der Waals surface area contributed by atoms with Crippen LogP contribution in [0.15, 0.2) is 30.3 Å². The van der Waals surface area contributed by atoms with E-state index in [9.17, 15) is 18.0 Å². The third-order valence-corrected chi connectivity index (χ3v) is 4.14. The van der Waals surface area contributed by atoms with Crippen LogP contribution in [-0.2, 0) is 17.4 Å². The number of nitrogens with zero attached hydrogens (tertiary/aromatic N) is 3. The Balaban J connectivity index is 1.91. The number of aromatic nitrogens is 2. The number of carboxylic acids is 1. The predicted octanol–water partition coefficient (Wildman–Crippen LogP) is 3.46. The van der Waals surface area contributed by atoms with Crippen molar-refractivity contribution in [3.8, 4) is 0 Å². The Morgan fingerprint density at radius 1 is 1.35 bits per heavy atom. The summed E-state index contributed by atoms with van der Waals surface area (Å²) >= 11 is 0. The van der Waals surface area contributed by atoms with Gasteiger partial charge in [0.05, 0.1) is 6.42 Å². The molecule has 0 bridgehead atoms. The van der Waals surface area contributed by atoms with Gasteiger partial charge in [0.25, 0.3) is 0 Å². The third-order valence-electron chi connectivity index (χ3n) is 4.14.